The highest BCUT2D eigenvalue weighted by atomic mass is 19.1. The predicted octanol–water partition coefficient (Wildman–Crippen LogP) is 2.72. The van der Waals surface area contributed by atoms with Gasteiger partial charge in [-0.25, -0.2) is 8.78 Å². The van der Waals surface area contributed by atoms with E-state index < -0.39 is 17.5 Å². The number of carbonyl (C=O) groups excluding carboxylic acids is 1. The average Bonchev–Trinajstić information content (AvgIpc) is 2.42. The van der Waals surface area contributed by atoms with Crippen LogP contribution in [0.15, 0.2) is 42.5 Å². The van der Waals surface area contributed by atoms with Gasteiger partial charge in [0.1, 0.15) is 11.6 Å². The van der Waals surface area contributed by atoms with Crippen molar-refractivity contribution in [3.63, 3.8) is 0 Å². The van der Waals surface area contributed by atoms with Gasteiger partial charge in [0, 0.05) is 11.6 Å². The molecule has 2 aromatic rings. The molecule has 0 fully saturated rings. The van der Waals surface area contributed by atoms with Crippen LogP contribution in [0.4, 0.5) is 14.5 Å². The fourth-order valence-electron chi connectivity index (χ4n) is 1.82. The number of nitrogens with one attached hydrogen (secondary N) is 1. The Labute approximate surface area is 115 Å². The van der Waals surface area contributed by atoms with Gasteiger partial charge in [-0.05, 0) is 42.8 Å². The van der Waals surface area contributed by atoms with Crippen LogP contribution in [0.5, 0.6) is 0 Å². The lowest BCUT2D eigenvalue weighted by molar-refractivity contribution is 0.102. The highest BCUT2D eigenvalue weighted by Gasteiger charge is 2.10. The average molecular weight is 276 g/mol. The first kappa shape index (κ1) is 14.1. The number of hydrogen-bond acceptors (Lipinski definition) is 2. The molecule has 104 valence electrons. The molecule has 2 rings (SSSR count). The van der Waals surface area contributed by atoms with Crippen LogP contribution in [0.1, 0.15) is 15.9 Å². The SMILES string of the molecule is NCCc1cccc(C(=O)Nc2ccc(F)cc2F)c1. The van der Waals surface area contributed by atoms with Gasteiger partial charge in [-0.15, -0.1) is 0 Å². The Morgan fingerprint density at radius 3 is 2.65 bits per heavy atom. The van der Waals surface area contributed by atoms with Crippen molar-refractivity contribution >= 4 is 11.6 Å². The molecule has 5 heteroatoms. The summed E-state index contributed by atoms with van der Waals surface area (Å²) in [7, 11) is 0. The molecule has 2 aromatic carbocycles. The molecule has 0 aliphatic rings. The van der Waals surface area contributed by atoms with E-state index in [0.29, 0.717) is 18.5 Å². The fourth-order valence-corrected chi connectivity index (χ4v) is 1.82. The molecule has 0 saturated carbocycles. The summed E-state index contributed by atoms with van der Waals surface area (Å²) in [5.74, 6) is -1.95. The molecule has 1 amide bonds. The van der Waals surface area contributed by atoms with Gasteiger partial charge in [0.05, 0.1) is 5.69 Å². The number of rotatable bonds is 4. The van der Waals surface area contributed by atoms with Crippen LogP contribution in [0.25, 0.3) is 0 Å². The molecule has 0 saturated heterocycles. The zero-order valence-electron chi connectivity index (χ0n) is 10.7. The first-order chi connectivity index (χ1) is 9.60. The first-order valence-corrected chi connectivity index (χ1v) is 6.15. The molecule has 0 radical (unpaired) electrons. The molecule has 20 heavy (non-hydrogen) atoms. The van der Waals surface area contributed by atoms with Crippen LogP contribution in [-0.4, -0.2) is 12.5 Å². The number of nitrogens with two attached hydrogens (primary N) is 1. The largest absolute Gasteiger partial charge is 0.330 e. The minimum atomic E-state index is -0.809. The molecular weight excluding hydrogens is 262 g/mol. The topological polar surface area (TPSA) is 55.1 Å². The lowest BCUT2D eigenvalue weighted by Gasteiger charge is -2.07. The third kappa shape index (κ3) is 3.39. The van der Waals surface area contributed by atoms with Crippen LogP contribution >= 0.6 is 0 Å². The predicted molar refractivity (Wildman–Crippen MR) is 73.5 cm³/mol. The number of anilines is 1. The normalized spacial score (nSPS) is 10.3. The zero-order chi connectivity index (χ0) is 14.5. The number of benzene rings is 2. The molecule has 0 spiro atoms. The van der Waals surface area contributed by atoms with Gasteiger partial charge in [-0.3, -0.25) is 4.79 Å². The minimum Gasteiger partial charge on any atom is -0.330 e. The molecule has 0 heterocycles. The number of amides is 1. The Morgan fingerprint density at radius 1 is 1.15 bits per heavy atom. The van der Waals surface area contributed by atoms with Gasteiger partial charge in [-0.1, -0.05) is 12.1 Å². The van der Waals surface area contributed by atoms with Crippen molar-refractivity contribution in [2.45, 2.75) is 6.42 Å². The summed E-state index contributed by atoms with van der Waals surface area (Å²) in [5, 5.41) is 2.41. The monoisotopic (exact) mass is 276 g/mol. The number of hydrogen-bond donors (Lipinski definition) is 2. The van der Waals surface area contributed by atoms with Gasteiger partial charge < -0.3 is 11.1 Å². The van der Waals surface area contributed by atoms with Crippen molar-refractivity contribution < 1.29 is 13.6 Å². The summed E-state index contributed by atoms with van der Waals surface area (Å²) in [5.41, 5.74) is 6.74. The molecule has 0 unspecified atom stereocenters. The molecule has 0 aliphatic heterocycles. The summed E-state index contributed by atoms with van der Waals surface area (Å²) in [4.78, 5) is 12.0. The van der Waals surface area contributed by atoms with E-state index in [9.17, 15) is 13.6 Å². The summed E-state index contributed by atoms with van der Waals surface area (Å²) >= 11 is 0. The molecule has 0 aliphatic carbocycles. The van der Waals surface area contributed by atoms with Crippen molar-refractivity contribution in [1.82, 2.24) is 0 Å². The van der Waals surface area contributed by atoms with Crippen LogP contribution < -0.4 is 11.1 Å². The zero-order valence-corrected chi connectivity index (χ0v) is 10.7. The van der Waals surface area contributed by atoms with Gasteiger partial charge in [-0.2, -0.15) is 0 Å². The Bertz CT molecular complexity index is 629. The summed E-state index contributed by atoms with van der Waals surface area (Å²) in [6.07, 6.45) is 0.659. The van der Waals surface area contributed by atoms with Crippen LogP contribution in [0.3, 0.4) is 0 Å². The maximum absolute atomic E-state index is 13.5. The second kappa shape index (κ2) is 6.25. The van der Waals surface area contributed by atoms with Crippen molar-refractivity contribution in [2.24, 2.45) is 5.73 Å². The summed E-state index contributed by atoms with van der Waals surface area (Å²) in [6.45, 7) is 0.484. The maximum atomic E-state index is 13.5. The van der Waals surface area contributed by atoms with Crippen LogP contribution in [-0.2, 0) is 6.42 Å². The molecule has 0 atom stereocenters. The van der Waals surface area contributed by atoms with E-state index in [-0.39, 0.29) is 5.69 Å². The highest BCUT2D eigenvalue weighted by molar-refractivity contribution is 6.04. The molecular formula is C15H14F2N2O. The quantitative estimate of drug-likeness (QED) is 0.902. The third-order valence-electron chi connectivity index (χ3n) is 2.80. The van der Waals surface area contributed by atoms with Crippen LogP contribution in [0.2, 0.25) is 0 Å². The van der Waals surface area contributed by atoms with Crippen LogP contribution in [0, 0.1) is 11.6 Å². The lowest BCUT2D eigenvalue weighted by Crippen LogP contribution is -2.13. The lowest BCUT2D eigenvalue weighted by atomic mass is 10.1. The highest BCUT2D eigenvalue weighted by Crippen LogP contribution is 2.16. The smallest absolute Gasteiger partial charge is 0.255 e. The van der Waals surface area contributed by atoms with Gasteiger partial charge in [0.15, 0.2) is 0 Å². The van der Waals surface area contributed by atoms with E-state index in [4.69, 9.17) is 5.73 Å². The summed E-state index contributed by atoms with van der Waals surface area (Å²) in [6, 6.07) is 9.92. The molecule has 0 aromatic heterocycles. The van der Waals surface area contributed by atoms with Crippen molar-refractivity contribution in [2.75, 3.05) is 11.9 Å². The second-order valence-corrected chi connectivity index (χ2v) is 4.32. The standard InChI is InChI=1S/C15H14F2N2O/c16-12-4-5-14(13(17)9-12)19-15(20)11-3-1-2-10(8-11)6-7-18/h1-5,8-9H,6-7,18H2,(H,19,20). The van der Waals surface area contributed by atoms with E-state index in [2.05, 4.69) is 5.32 Å². The Kier molecular flexibility index (Phi) is 4.42. The third-order valence-corrected chi connectivity index (χ3v) is 2.80. The molecule has 3 nitrogen and oxygen atoms in total. The number of halogens is 2. The van der Waals surface area contributed by atoms with Gasteiger partial charge in [0.2, 0.25) is 0 Å². The number of carbonyl (C=O) groups is 1. The Balaban J connectivity index is 2.17. The van der Waals surface area contributed by atoms with Crippen molar-refractivity contribution in [1.29, 1.82) is 0 Å². The van der Waals surface area contributed by atoms with Crippen molar-refractivity contribution in [3.8, 4) is 0 Å². The van der Waals surface area contributed by atoms with E-state index >= 15 is 0 Å². The Morgan fingerprint density at radius 2 is 1.95 bits per heavy atom. The fraction of sp³-hybridized carbons (Fsp3) is 0.133. The second-order valence-electron chi connectivity index (χ2n) is 4.32. The van der Waals surface area contributed by atoms with Gasteiger partial charge in [0.25, 0.3) is 5.91 Å². The van der Waals surface area contributed by atoms with Crippen molar-refractivity contribution in [3.05, 3.63) is 65.2 Å². The van der Waals surface area contributed by atoms with E-state index in [0.717, 1.165) is 17.7 Å². The maximum Gasteiger partial charge on any atom is 0.255 e. The van der Waals surface area contributed by atoms with E-state index in [1.54, 1.807) is 18.2 Å². The van der Waals surface area contributed by atoms with Gasteiger partial charge >= 0.3 is 0 Å². The molecule has 3 N–H and O–H groups in total. The Hall–Kier alpha value is -2.27. The minimum absolute atomic E-state index is 0.0550. The first-order valence-electron chi connectivity index (χ1n) is 6.15. The van der Waals surface area contributed by atoms with E-state index in [1.165, 1.54) is 6.07 Å². The summed E-state index contributed by atoms with van der Waals surface area (Å²) < 4.78 is 26.2. The van der Waals surface area contributed by atoms with E-state index in [1.807, 2.05) is 6.07 Å². The molecule has 0 bridgehead atoms.